The number of benzene rings is 2. The lowest BCUT2D eigenvalue weighted by Gasteiger charge is -2.17. The summed E-state index contributed by atoms with van der Waals surface area (Å²) in [6.07, 6.45) is 4.11. The number of hydrogen-bond donors (Lipinski definition) is 1. The molecule has 168 valence electrons. The van der Waals surface area contributed by atoms with E-state index in [-0.39, 0.29) is 12.2 Å². The van der Waals surface area contributed by atoms with E-state index < -0.39 is 5.60 Å². The zero-order valence-electron chi connectivity index (χ0n) is 19.2. The lowest BCUT2D eigenvalue weighted by molar-refractivity contribution is 0.0784. The average molecular weight is 442 g/mol. The second-order valence-corrected chi connectivity index (χ2v) is 8.57. The van der Waals surface area contributed by atoms with E-state index >= 15 is 0 Å². The molecule has 0 aliphatic rings. The third-order valence-electron chi connectivity index (χ3n) is 5.43. The minimum absolute atomic E-state index is 0.0342. The maximum atomic E-state index is 12.9. The summed E-state index contributed by atoms with van der Waals surface area (Å²) in [5.41, 5.74) is 4.44. The minimum Gasteiger partial charge on any atom is -0.497 e. The Morgan fingerprint density at radius 1 is 1.09 bits per heavy atom. The molecule has 4 aromatic rings. The highest BCUT2D eigenvalue weighted by molar-refractivity contribution is 5.97. The third kappa shape index (κ3) is 5.18. The molecule has 0 aliphatic heterocycles. The fourth-order valence-electron chi connectivity index (χ4n) is 3.63. The van der Waals surface area contributed by atoms with Gasteiger partial charge in [-0.25, -0.2) is 9.50 Å². The van der Waals surface area contributed by atoms with E-state index in [1.807, 2.05) is 55.5 Å². The molecule has 33 heavy (non-hydrogen) atoms. The largest absolute Gasteiger partial charge is 0.497 e. The lowest BCUT2D eigenvalue weighted by Crippen LogP contribution is -2.15. The number of carbonyl (C=O) groups excluding carboxylic acids is 1. The first-order valence-corrected chi connectivity index (χ1v) is 10.8. The Morgan fingerprint density at radius 2 is 1.85 bits per heavy atom. The second kappa shape index (κ2) is 9.00. The van der Waals surface area contributed by atoms with E-state index in [1.54, 1.807) is 49.7 Å². The van der Waals surface area contributed by atoms with Crippen molar-refractivity contribution in [3.8, 4) is 5.75 Å². The number of fused-ring (bicyclic) bond motifs is 1. The Labute approximate surface area is 193 Å². The van der Waals surface area contributed by atoms with Crippen molar-refractivity contribution in [1.82, 2.24) is 14.6 Å². The van der Waals surface area contributed by atoms with Gasteiger partial charge in [-0.15, -0.1) is 0 Å². The Hall–Kier alpha value is -3.77. The van der Waals surface area contributed by atoms with Gasteiger partial charge < -0.3 is 9.84 Å². The number of aliphatic hydroxyl groups is 1. The molecule has 2 aromatic heterocycles. The first-order chi connectivity index (χ1) is 15.7. The van der Waals surface area contributed by atoms with Gasteiger partial charge in [0.1, 0.15) is 5.75 Å². The molecule has 0 unspecified atom stereocenters. The van der Waals surface area contributed by atoms with Crippen molar-refractivity contribution in [2.45, 2.75) is 32.8 Å². The first-order valence-electron chi connectivity index (χ1n) is 10.8. The van der Waals surface area contributed by atoms with Crippen molar-refractivity contribution < 1.29 is 14.6 Å². The first kappa shape index (κ1) is 22.4. The van der Waals surface area contributed by atoms with Crippen LogP contribution in [0.1, 0.15) is 52.4 Å². The maximum absolute atomic E-state index is 12.9. The van der Waals surface area contributed by atoms with Gasteiger partial charge in [0.2, 0.25) is 0 Å². The van der Waals surface area contributed by atoms with Crippen LogP contribution in [0.25, 0.3) is 17.8 Å². The van der Waals surface area contributed by atoms with E-state index in [4.69, 9.17) is 4.74 Å². The van der Waals surface area contributed by atoms with E-state index in [1.165, 1.54) is 0 Å². The van der Waals surface area contributed by atoms with Gasteiger partial charge in [-0.1, -0.05) is 42.5 Å². The quantitative estimate of drug-likeness (QED) is 0.414. The van der Waals surface area contributed by atoms with Crippen molar-refractivity contribution in [3.63, 3.8) is 0 Å². The Balaban J connectivity index is 1.63. The summed E-state index contributed by atoms with van der Waals surface area (Å²) in [6.45, 7) is 5.35. The summed E-state index contributed by atoms with van der Waals surface area (Å²) in [7, 11) is 1.64. The summed E-state index contributed by atoms with van der Waals surface area (Å²) in [4.78, 5) is 17.6. The molecule has 0 aliphatic carbocycles. The summed E-state index contributed by atoms with van der Waals surface area (Å²) in [6, 6.07) is 18.6. The molecule has 0 saturated heterocycles. The number of hydrogen-bond acceptors (Lipinski definition) is 5. The van der Waals surface area contributed by atoms with Crippen LogP contribution in [0, 0.1) is 6.92 Å². The third-order valence-corrected chi connectivity index (χ3v) is 5.43. The molecular weight excluding hydrogens is 414 g/mol. The maximum Gasteiger partial charge on any atom is 0.168 e. The number of nitrogens with zero attached hydrogens (tertiary/aromatic N) is 3. The van der Waals surface area contributed by atoms with Gasteiger partial charge in [0, 0.05) is 11.6 Å². The molecule has 2 heterocycles. The molecule has 4 rings (SSSR count). The van der Waals surface area contributed by atoms with E-state index in [0.717, 1.165) is 28.3 Å². The fourth-order valence-corrected chi connectivity index (χ4v) is 3.63. The van der Waals surface area contributed by atoms with Crippen molar-refractivity contribution in [1.29, 1.82) is 0 Å². The van der Waals surface area contributed by atoms with Gasteiger partial charge in [-0.3, -0.25) is 4.79 Å². The predicted octanol–water partition coefficient (Wildman–Crippen LogP) is 4.87. The molecule has 0 atom stereocenters. The van der Waals surface area contributed by atoms with Gasteiger partial charge in [-0.05, 0) is 56.2 Å². The van der Waals surface area contributed by atoms with Gasteiger partial charge in [-0.2, -0.15) is 5.10 Å². The van der Waals surface area contributed by atoms with Gasteiger partial charge in [0.15, 0.2) is 11.4 Å². The minimum atomic E-state index is -0.946. The van der Waals surface area contributed by atoms with E-state index in [0.29, 0.717) is 16.9 Å². The molecular formula is C27H27N3O3. The molecule has 0 spiro atoms. The van der Waals surface area contributed by atoms with Crippen LogP contribution in [0.4, 0.5) is 0 Å². The Kier molecular flexibility index (Phi) is 6.11. The number of ether oxygens (including phenoxy) is 1. The van der Waals surface area contributed by atoms with Crippen molar-refractivity contribution in [2.24, 2.45) is 0 Å². The van der Waals surface area contributed by atoms with Gasteiger partial charge in [0.05, 0.1) is 36.2 Å². The highest BCUT2D eigenvalue weighted by Crippen LogP contribution is 2.21. The smallest absolute Gasteiger partial charge is 0.168 e. The fraction of sp³-hybridized carbons (Fsp3) is 0.222. The highest BCUT2D eigenvalue weighted by Gasteiger charge is 2.17. The molecule has 0 bridgehead atoms. The topological polar surface area (TPSA) is 76.7 Å². The lowest BCUT2D eigenvalue weighted by atomic mass is 9.96. The van der Waals surface area contributed by atoms with Crippen LogP contribution >= 0.6 is 0 Å². The molecule has 0 fully saturated rings. The standard InChI is InChI=1S/C27H27N3O3/c1-18-14-26-28-22(17-25(31)20-9-11-21(12-10-20)27(2,3)32)16-23(30(26)29-18)13-8-19-6-5-7-24(15-19)33-4/h5-16,32H,17H2,1-4H3/b13-8+. The van der Waals surface area contributed by atoms with Crippen LogP contribution in [0.2, 0.25) is 0 Å². The molecule has 0 saturated carbocycles. The molecule has 6 nitrogen and oxygen atoms in total. The normalized spacial score (nSPS) is 11.9. The zero-order valence-corrected chi connectivity index (χ0v) is 19.2. The average Bonchev–Trinajstić information content (AvgIpc) is 3.17. The SMILES string of the molecule is COc1cccc(/C=C/c2cc(CC(=O)c3ccc(C(C)(C)O)cc3)nc3cc(C)nn23)c1. The van der Waals surface area contributed by atoms with E-state index in [9.17, 15) is 9.90 Å². The second-order valence-electron chi connectivity index (χ2n) is 8.57. The molecule has 2 aromatic carbocycles. The van der Waals surface area contributed by atoms with Crippen LogP contribution in [-0.4, -0.2) is 32.6 Å². The Bertz CT molecular complexity index is 1330. The Morgan fingerprint density at radius 3 is 2.55 bits per heavy atom. The number of ketones is 1. The summed E-state index contributed by atoms with van der Waals surface area (Å²) in [5.74, 6) is 0.752. The number of Topliss-reactive ketones (excluding diaryl/α,β-unsaturated/α-hetero) is 1. The number of rotatable bonds is 7. The monoisotopic (exact) mass is 441 g/mol. The summed E-state index contributed by atoms with van der Waals surface area (Å²) >= 11 is 0. The predicted molar refractivity (Wildman–Crippen MR) is 129 cm³/mol. The van der Waals surface area contributed by atoms with Crippen LogP contribution < -0.4 is 4.74 Å². The van der Waals surface area contributed by atoms with Crippen molar-refractivity contribution >= 4 is 23.6 Å². The van der Waals surface area contributed by atoms with Crippen LogP contribution in [0.3, 0.4) is 0 Å². The van der Waals surface area contributed by atoms with E-state index in [2.05, 4.69) is 10.1 Å². The number of aryl methyl sites for hydroxylation is 1. The zero-order chi connectivity index (χ0) is 23.6. The number of carbonyl (C=O) groups is 1. The van der Waals surface area contributed by atoms with Gasteiger partial charge in [0.25, 0.3) is 0 Å². The summed E-state index contributed by atoms with van der Waals surface area (Å²) < 4.78 is 7.07. The van der Waals surface area contributed by atoms with Crippen LogP contribution in [-0.2, 0) is 12.0 Å². The number of methoxy groups -OCH3 is 1. The van der Waals surface area contributed by atoms with Crippen LogP contribution in [0.15, 0.2) is 60.7 Å². The molecule has 0 amide bonds. The van der Waals surface area contributed by atoms with Crippen LogP contribution in [0.5, 0.6) is 5.75 Å². The molecule has 1 N–H and O–H groups in total. The molecule has 6 heteroatoms. The van der Waals surface area contributed by atoms with Crippen molar-refractivity contribution in [3.05, 3.63) is 94.4 Å². The highest BCUT2D eigenvalue weighted by atomic mass is 16.5. The van der Waals surface area contributed by atoms with Crippen molar-refractivity contribution in [2.75, 3.05) is 7.11 Å². The van der Waals surface area contributed by atoms with Gasteiger partial charge >= 0.3 is 0 Å². The summed E-state index contributed by atoms with van der Waals surface area (Å²) in [5, 5.41) is 14.7. The molecule has 0 radical (unpaired) electrons. The number of aromatic nitrogens is 3.